The number of nitrogens with two attached hydrogens (primary N) is 1. The number of nitrogens with zero attached hydrogens (tertiary/aromatic N) is 1. The van der Waals surface area contributed by atoms with Gasteiger partial charge in [-0.3, -0.25) is 19.2 Å². The summed E-state index contributed by atoms with van der Waals surface area (Å²) in [7, 11) is 0. The molecule has 14 atom stereocenters. The Morgan fingerprint density at radius 2 is 1.36 bits per heavy atom. The van der Waals surface area contributed by atoms with E-state index in [1.165, 1.54) is 44.1 Å². The van der Waals surface area contributed by atoms with Crippen molar-refractivity contribution in [2.24, 2.45) is 86.6 Å². The van der Waals surface area contributed by atoms with E-state index < -0.39 is 5.97 Å². The molecule has 8 aliphatic carbocycles. The number of fused-ring (bicyclic) bond motifs is 10. The molecule has 5 saturated carbocycles. The predicted molar refractivity (Wildman–Crippen MR) is 217 cm³/mol. The van der Waals surface area contributed by atoms with E-state index in [2.05, 4.69) is 60.6 Å². The number of carbonyl (C=O) groups excluding carboxylic acids is 3. The van der Waals surface area contributed by atoms with Crippen molar-refractivity contribution in [1.82, 2.24) is 4.90 Å². The third kappa shape index (κ3) is 6.24. The molecule has 5 fully saturated rings. The van der Waals surface area contributed by atoms with Gasteiger partial charge in [-0.2, -0.15) is 0 Å². The van der Waals surface area contributed by atoms with Crippen molar-refractivity contribution in [3.8, 4) is 0 Å². The minimum absolute atomic E-state index is 0.0273. The first-order chi connectivity index (χ1) is 26.0. The topological polar surface area (TPSA) is 118 Å². The van der Waals surface area contributed by atoms with E-state index in [1.807, 2.05) is 17.9 Å². The van der Waals surface area contributed by atoms with E-state index in [1.54, 1.807) is 0 Å². The Labute approximate surface area is 331 Å². The third-order valence-electron chi connectivity index (χ3n) is 18.9. The second-order valence-corrected chi connectivity index (χ2v) is 20.7. The quantitative estimate of drug-likeness (QED) is 0.279. The van der Waals surface area contributed by atoms with Gasteiger partial charge in [-0.25, -0.2) is 0 Å². The Bertz CT molecular complexity index is 1670. The van der Waals surface area contributed by atoms with Crippen molar-refractivity contribution < 1.29 is 24.3 Å². The maximum absolute atomic E-state index is 13.2. The first-order valence-electron chi connectivity index (χ1n) is 22.4. The average molecular weight is 757 g/mol. The van der Waals surface area contributed by atoms with E-state index >= 15 is 0 Å². The smallest absolute Gasteiger partial charge is 0.306 e. The summed E-state index contributed by atoms with van der Waals surface area (Å²) in [6, 6.07) is 0. The summed E-state index contributed by atoms with van der Waals surface area (Å²) >= 11 is 0. The number of hydrogen-bond acceptors (Lipinski definition) is 5. The molecule has 304 valence electrons. The number of aliphatic carboxylic acids is 1. The van der Waals surface area contributed by atoms with Crippen LogP contribution in [0, 0.1) is 80.8 Å². The molecule has 0 aromatic heterocycles. The van der Waals surface area contributed by atoms with Gasteiger partial charge < -0.3 is 15.7 Å². The lowest BCUT2D eigenvalue weighted by molar-refractivity contribution is -0.146. The van der Waals surface area contributed by atoms with Crippen LogP contribution in [0.2, 0.25) is 0 Å². The molecule has 3 N–H and O–H groups in total. The lowest BCUT2D eigenvalue weighted by atomic mass is 9.46. The van der Waals surface area contributed by atoms with Gasteiger partial charge in [0.2, 0.25) is 5.91 Å². The predicted octanol–water partition coefficient (Wildman–Crippen LogP) is 9.56. The molecule has 7 heteroatoms. The molecule has 55 heavy (non-hydrogen) atoms. The first kappa shape index (κ1) is 40.5. The van der Waals surface area contributed by atoms with E-state index in [-0.39, 0.29) is 39.3 Å². The summed E-state index contributed by atoms with van der Waals surface area (Å²) < 4.78 is 0. The Morgan fingerprint density at radius 3 is 2.02 bits per heavy atom. The van der Waals surface area contributed by atoms with Crippen LogP contribution in [-0.2, 0) is 19.2 Å². The Kier molecular flexibility index (Phi) is 10.7. The summed E-state index contributed by atoms with van der Waals surface area (Å²) in [6.45, 7) is 19.5. The van der Waals surface area contributed by atoms with Crippen LogP contribution in [0.25, 0.3) is 0 Å². The van der Waals surface area contributed by atoms with Crippen LogP contribution in [0.15, 0.2) is 35.1 Å². The highest BCUT2D eigenvalue weighted by Crippen LogP contribution is 2.68. The summed E-state index contributed by atoms with van der Waals surface area (Å²) in [5.74, 6) is 4.64. The molecule has 0 saturated heterocycles. The zero-order valence-electron chi connectivity index (χ0n) is 35.4. The first-order valence-corrected chi connectivity index (χ1v) is 22.4. The molecule has 8 aliphatic rings. The minimum atomic E-state index is -0.624. The molecular weight excluding hydrogens is 685 g/mol. The fourth-order valence-corrected chi connectivity index (χ4v) is 15.6. The van der Waals surface area contributed by atoms with Gasteiger partial charge in [0, 0.05) is 31.8 Å². The molecule has 7 nitrogen and oxygen atoms in total. The lowest BCUT2D eigenvalue weighted by Gasteiger charge is -2.58. The number of amides is 1. The van der Waals surface area contributed by atoms with E-state index in [9.17, 15) is 24.3 Å². The maximum Gasteiger partial charge on any atom is 0.306 e. The van der Waals surface area contributed by atoms with Crippen molar-refractivity contribution >= 4 is 23.4 Å². The van der Waals surface area contributed by atoms with Crippen LogP contribution in [0.1, 0.15) is 145 Å². The maximum atomic E-state index is 13.2. The highest BCUT2D eigenvalue weighted by atomic mass is 16.4. The highest BCUT2D eigenvalue weighted by Gasteiger charge is 2.61. The van der Waals surface area contributed by atoms with Gasteiger partial charge >= 0.3 is 5.97 Å². The van der Waals surface area contributed by atoms with Crippen LogP contribution < -0.4 is 5.73 Å². The number of carbonyl (C=O) groups is 4. The van der Waals surface area contributed by atoms with Crippen molar-refractivity contribution in [2.45, 2.75) is 145 Å². The molecular formula is C48H72N2O5. The van der Waals surface area contributed by atoms with Gasteiger partial charge in [0.25, 0.3) is 0 Å². The molecule has 8 rings (SSSR count). The second-order valence-electron chi connectivity index (χ2n) is 20.7. The van der Waals surface area contributed by atoms with Crippen molar-refractivity contribution in [3.63, 3.8) is 0 Å². The highest BCUT2D eigenvalue weighted by molar-refractivity contribution is 5.97. The van der Waals surface area contributed by atoms with E-state index in [0.717, 1.165) is 63.1 Å². The summed E-state index contributed by atoms with van der Waals surface area (Å²) in [5.41, 5.74) is 9.95. The molecule has 0 heterocycles. The van der Waals surface area contributed by atoms with Crippen LogP contribution in [0.3, 0.4) is 0 Å². The zero-order valence-corrected chi connectivity index (χ0v) is 35.4. The van der Waals surface area contributed by atoms with Gasteiger partial charge in [-0.15, -0.1) is 0 Å². The summed E-state index contributed by atoms with van der Waals surface area (Å²) in [4.78, 5) is 50.9. The molecule has 0 bridgehead atoms. The fourth-order valence-electron chi connectivity index (χ4n) is 15.6. The number of Topliss-reactive ketones (excluding diaryl/α,β-unsaturated/α-hetero) is 1. The molecule has 1 amide bonds. The Morgan fingerprint density at radius 1 is 0.764 bits per heavy atom. The molecule has 1 unspecified atom stereocenters. The summed E-state index contributed by atoms with van der Waals surface area (Å²) in [5, 5.41) is 9.56. The van der Waals surface area contributed by atoms with Gasteiger partial charge in [0.1, 0.15) is 0 Å². The minimum Gasteiger partial charge on any atom is -0.481 e. The molecule has 0 spiro atoms. The van der Waals surface area contributed by atoms with Crippen LogP contribution >= 0.6 is 0 Å². The second kappa shape index (κ2) is 14.6. The number of rotatable bonds is 6. The SMILES string of the molecule is CC(C(=O)O)[C@H]1CC[C@H]2[C@@H]3CCC4=CC(=O)CC[C@]4(C)[C@H]3CC[C@]12C.CCN(CC)C(=O)[C@@H](C)[C@H]1CC[C@H]2[C@@H]3C=CC4=C(N)C(=O)CC[C@]4(C)[C@H]3CC[C@]12C. The molecule has 0 aromatic rings. The number of allylic oxidation sites excluding steroid dienone is 5. The van der Waals surface area contributed by atoms with Crippen molar-refractivity contribution in [1.29, 1.82) is 0 Å². The van der Waals surface area contributed by atoms with Crippen molar-refractivity contribution in [2.75, 3.05) is 13.1 Å². The van der Waals surface area contributed by atoms with Crippen LogP contribution in [0.5, 0.6) is 0 Å². The molecule has 0 aliphatic heterocycles. The largest absolute Gasteiger partial charge is 0.481 e. The fraction of sp³-hybridized carbons (Fsp3) is 0.792. The van der Waals surface area contributed by atoms with Crippen LogP contribution in [0.4, 0.5) is 0 Å². The van der Waals surface area contributed by atoms with Gasteiger partial charge in [-0.1, -0.05) is 59.3 Å². The Hall–Kier alpha value is -2.70. The monoisotopic (exact) mass is 757 g/mol. The standard InChI is InChI=1S/C26H40N2O2.C22H32O3/c1-6-28(7-2)24(30)16(3)18-10-11-19-17-8-9-21-23(27)22(29)13-15-26(21,5)20(17)12-14-25(18,19)4;1-13(20(24)25)17-6-7-18-16-5-4-14-12-15(23)8-10-21(14,2)19(16)9-11-22(17,18)3/h8-9,16-20H,6-7,10-15,27H2,1-5H3;12-13,16-19H,4-11H2,1-3H3,(H,24,25)/t16-,17-,18+,19-,20-,25+,26+;13?,16-,17+,18-,19-,21-,22+/m00/s1. The lowest BCUT2D eigenvalue weighted by Crippen LogP contribution is -2.51. The Balaban J connectivity index is 0.000000172. The van der Waals surface area contributed by atoms with Gasteiger partial charge in [0.15, 0.2) is 11.6 Å². The van der Waals surface area contributed by atoms with Gasteiger partial charge in [-0.05, 0) is 172 Å². The third-order valence-corrected chi connectivity index (χ3v) is 18.9. The molecule has 0 aromatic carbocycles. The average Bonchev–Trinajstić information content (AvgIpc) is 3.70. The number of carboxylic acid groups (broad SMARTS) is 1. The number of carboxylic acids is 1. The van der Waals surface area contributed by atoms with E-state index in [0.29, 0.717) is 71.7 Å². The van der Waals surface area contributed by atoms with Gasteiger partial charge in [0.05, 0.1) is 11.6 Å². The van der Waals surface area contributed by atoms with Crippen LogP contribution in [-0.4, -0.2) is 46.5 Å². The summed E-state index contributed by atoms with van der Waals surface area (Å²) in [6.07, 6.45) is 21.5. The normalized spacial score (nSPS) is 44.0. The number of ketones is 2. The molecule has 0 radical (unpaired) electrons. The van der Waals surface area contributed by atoms with Crippen molar-refractivity contribution in [3.05, 3.63) is 35.1 Å². The van der Waals surface area contributed by atoms with E-state index in [4.69, 9.17) is 5.73 Å². The number of hydrogen-bond donors (Lipinski definition) is 2. The zero-order chi connectivity index (χ0) is 39.8.